The van der Waals surface area contributed by atoms with Gasteiger partial charge >= 0.3 is 0 Å². The lowest BCUT2D eigenvalue weighted by Crippen LogP contribution is -2.02. The van der Waals surface area contributed by atoms with E-state index in [1.807, 2.05) is 13.8 Å². The Morgan fingerprint density at radius 1 is 1.39 bits per heavy atom. The highest BCUT2D eigenvalue weighted by Crippen LogP contribution is 2.16. The second-order valence-electron chi connectivity index (χ2n) is 3.70. The Kier molecular flexibility index (Phi) is 3.66. The lowest BCUT2D eigenvalue weighted by Gasteiger charge is -2.05. The van der Waals surface area contributed by atoms with Gasteiger partial charge in [0.2, 0.25) is 11.7 Å². The number of aromatic nitrogens is 3. The van der Waals surface area contributed by atoms with Gasteiger partial charge < -0.3 is 9.26 Å². The summed E-state index contributed by atoms with van der Waals surface area (Å²) in [6.45, 7) is 3.88. The third kappa shape index (κ3) is 2.71. The smallest absolute Gasteiger partial charge is 0.226 e. The van der Waals surface area contributed by atoms with Gasteiger partial charge in [0.1, 0.15) is 11.4 Å². The van der Waals surface area contributed by atoms with E-state index < -0.39 is 0 Å². The number of aryl methyl sites for hydroxylation is 2. The molecule has 0 aromatic carbocycles. The summed E-state index contributed by atoms with van der Waals surface area (Å²) in [5, 5.41) is 3.76. The molecule has 2 aromatic rings. The SMILES string of the molecule is CCc1nc(COc2ccc(C)nc2C=O)no1. The molecule has 0 bridgehead atoms. The van der Waals surface area contributed by atoms with Crippen LogP contribution in [0.15, 0.2) is 16.7 Å². The van der Waals surface area contributed by atoms with Crippen LogP contribution in [0.2, 0.25) is 0 Å². The quantitative estimate of drug-likeness (QED) is 0.749. The van der Waals surface area contributed by atoms with Gasteiger partial charge in [0.25, 0.3) is 0 Å². The van der Waals surface area contributed by atoms with E-state index in [9.17, 15) is 4.79 Å². The molecule has 2 rings (SSSR count). The van der Waals surface area contributed by atoms with Crippen LogP contribution in [0.25, 0.3) is 0 Å². The third-order valence-electron chi connectivity index (χ3n) is 2.31. The van der Waals surface area contributed by atoms with Crippen molar-refractivity contribution in [2.75, 3.05) is 0 Å². The number of nitrogens with zero attached hydrogens (tertiary/aromatic N) is 3. The minimum atomic E-state index is 0.148. The van der Waals surface area contributed by atoms with E-state index >= 15 is 0 Å². The van der Waals surface area contributed by atoms with Crippen molar-refractivity contribution >= 4 is 6.29 Å². The van der Waals surface area contributed by atoms with Crippen molar-refractivity contribution in [3.05, 3.63) is 35.2 Å². The zero-order valence-electron chi connectivity index (χ0n) is 10.2. The topological polar surface area (TPSA) is 78.1 Å². The molecule has 0 aliphatic rings. The van der Waals surface area contributed by atoms with E-state index in [0.29, 0.717) is 30.2 Å². The Labute approximate surface area is 104 Å². The number of rotatable bonds is 5. The number of aldehydes is 1. The molecule has 0 aliphatic carbocycles. The predicted octanol–water partition coefficient (Wildman–Crippen LogP) is 1.73. The summed E-state index contributed by atoms with van der Waals surface area (Å²) in [6, 6.07) is 3.48. The van der Waals surface area contributed by atoms with Crippen molar-refractivity contribution in [1.29, 1.82) is 0 Å². The van der Waals surface area contributed by atoms with E-state index in [-0.39, 0.29) is 12.3 Å². The Bertz CT molecular complexity index is 551. The van der Waals surface area contributed by atoms with Crippen molar-refractivity contribution in [2.45, 2.75) is 26.9 Å². The zero-order chi connectivity index (χ0) is 13.0. The fourth-order valence-electron chi connectivity index (χ4n) is 1.41. The minimum absolute atomic E-state index is 0.148. The van der Waals surface area contributed by atoms with Gasteiger partial charge in [-0.2, -0.15) is 4.98 Å². The molecule has 0 radical (unpaired) electrons. The van der Waals surface area contributed by atoms with Gasteiger partial charge in [-0.1, -0.05) is 12.1 Å². The molecule has 0 N–H and O–H groups in total. The molecule has 0 atom stereocenters. The number of hydrogen-bond acceptors (Lipinski definition) is 6. The van der Waals surface area contributed by atoms with E-state index in [0.717, 1.165) is 5.69 Å². The lowest BCUT2D eigenvalue weighted by molar-refractivity contribution is 0.111. The number of carbonyl (C=O) groups is 1. The first-order chi connectivity index (χ1) is 8.72. The van der Waals surface area contributed by atoms with E-state index in [4.69, 9.17) is 9.26 Å². The van der Waals surface area contributed by atoms with Gasteiger partial charge in [-0.15, -0.1) is 0 Å². The number of ether oxygens (including phenoxy) is 1. The molecule has 6 nitrogen and oxygen atoms in total. The maximum Gasteiger partial charge on any atom is 0.226 e. The van der Waals surface area contributed by atoms with E-state index in [1.165, 1.54) is 0 Å². The van der Waals surface area contributed by atoms with Crippen LogP contribution in [0, 0.1) is 6.92 Å². The molecule has 0 saturated heterocycles. The largest absolute Gasteiger partial charge is 0.483 e. The highest BCUT2D eigenvalue weighted by molar-refractivity contribution is 5.76. The van der Waals surface area contributed by atoms with Crippen LogP contribution >= 0.6 is 0 Å². The fraction of sp³-hybridized carbons (Fsp3) is 0.333. The molecule has 18 heavy (non-hydrogen) atoms. The van der Waals surface area contributed by atoms with Crippen LogP contribution in [0.5, 0.6) is 5.75 Å². The Morgan fingerprint density at radius 3 is 2.89 bits per heavy atom. The maximum atomic E-state index is 10.8. The molecule has 0 aliphatic heterocycles. The first-order valence-corrected chi connectivity index (χ1v) is 5.60. The summed E-state index contributed by atoms with van der Waals surface area (Å²) in [5.41, 5.74) is 1.03. The van der Waals surface area contributed by atoms with Crippen LogP contribution in [0.3, 0.4) is 0 Å². The molecule has 0 spiro atoms. The van der Waals surface area contributed by atoms with Crippen LogP contribution < -0.4 is 4.74 Å². The second kappa shape index (κ2) is 5.39. The highest BCUT2D eigenvalue weighted by atomic mass is 16.5. The number of pyridine rings is 1. The first-order valence-electron chi connectivity index (χ1n) is 5.60. The van der Waals surface area contributed by atoms with Crippen LogP contribution in [0.4, 0.5) is 0 Å². The molecule has 2 heterocycles. The molecule has 94 valence electrons. The van der Waals surface area contributed by atoms with Crippen LogP contribution in [0.1, 0.15) is 34.8 Å². The van der Waals surface area contributed by atoms with Crippen molar-refractivity contribution in [1.82, 2.24) is 15.1 Å². The van der Waals surface area contributed by atoms with Gasteiger partial charge in [0.05, 0.1) is 0 Å². The summed E-state index contributed by atoms with van der Waals surface area (Å²) in [5.74, 6) is 1.42. The summed E-state index contributed by atoms with van der Waals surface area (Å²) >= 11 is 0. The first kappa shape index (κ1) is 12.2. The van der Waals surface area contributed by atoms with Crippen molar-refractivity contribution in [2.24, 2.45) is 0 Å². The van der Waals surface area contributed by atoms with E-state index in [2.05, 4.69) is 15.1 Å². The average molecular weight is 247 g/mol. The van der Waals surface area contributed by atoms with Crippen molar-refractivity contribution in [3.63, 3.8) is 0 Å². The monoisotopic (exact) mass is 247 g/mol. The summed E-state index contributed by atoms with van der Waals surface area (Å²) in [7, 11) is 0. The Balaban J connectivity index is 2.07. The van der Waals surface area contributed by atoms with Crippen LogP contribution in [-0.4, -0.2) is 21.4 Å². The fourth-order valence-corrected chi connectivity index (χ4v) is 1.41. The van der Waals surface area contributed by atoms with Gasteiger partial charge in [-0.3, -0.25) is 4.79 Å². The normalized spacial score (nSPS) is 10.3. The van der Waals surface area contributed by atoms with Gasteiger partial charge in [-0.25, -0.2) is 4.98 Å². The Hall–Kier alpha value is -2.24. The summed E-state index contributed by atoms with van der Waals surface area (Å²) < 4.78 is 10.4. The standard InChI is InChI=1S/C12H13N3O3/c1-3-12-14-11(15-18-12)7-17-10-5-4-8(2)13-9(10)6-16/h4-6H,3,7H2,1-2H3. The molecule has 0 unspecified atom stereocenters. The minimum Gasteiger partial charge on any atom is -0.483 e. The molecule has 0 saturated carbocycles. The predicted molar refractivity (Wildman–Crippen MR) is 62.4 cm³/mol. The zero-order valence-corrected chi connectivity index (χ0v) is 10.2. The maximum absolute atomic E-state index is 10.8. The molecule has 6 heteroatoms. The van der Waals surface area contributed by atoms with E-state index in [1.54, 1.807) is 12.1 Å². The Morgan fingerprint density at radius 2 is 2.22 bits per heavy atom. The van der Waals surface area contributed by atoms with Crippen LogP contribution in [-0.2, 0) is 13.0 Å². The summed E-state index contributed by atoms with van der Waals surface area (Å²) in [6.07, 6.45) is 1.34. The van der Waals surface area contributed by atoms with Gasteiger partial charge in [0.15, 0.2) is 12.9 Å². The number of hydrogen-bond donors (Lipinski definition) is 0. The van der Waals surface area contributed by atoms with Crippen molar-refractivity contribution < 1.29 is 14.1 Å². The molecule has 2 aromatic heterocycles. The molecule has 0 fully saturated rings. The summed E-state index contributed by atoms with van der Waals surface area (Å²) in [4.78, 5) is 19.0. The van der Waals surface area contributed by atoms with Crippen molar-refractivity contribution in [3.8, 4) is 5.75 Å². The lowest BCUT2D eigenvalue weighted by atomic mass is 10.3. The average Bonchev–Trinajstić information content (AvgIpc) is 2.85. The second-order valence-corrected chi connectivity index (χ2v) is 3.70. The molecular weight excluding hydrogens is 234 g/mol. The highest BCUT2D eigenvalue weighted by Gasteiger charge is 2.08. The van der Waals surface area contributed by atoms with Gasteiger partial charge in [0, 0.05) is 12.1 Å². The molecule has 0 amide bonds. The molecular formula is C12H13N3O3. The van der Waals surface area contributed by atoms with Gasteiger partial charge in [-0.05, 0) is 19.1 Å². The number of carbonyl (C=O) groups excluding carboxylic acids is 1. The third-order valence-corrected chi connectivity index (χ3v) is 2.31.